The average Bonchev–Trinajstić information content (AvgIpc) is 2.74. The number of rotatable bonds is 10. The molecule has 176 valence electrons. The average molecular weight is 439 g/mol. The molecule has 0 amide bonds. The monoisotopic (exact) mass is 438 g/mol. The molecule has 2 aliphatic carbocycles. The van der Waals surface area contributed by atoms with Gasteiger partial charge in [-0.15, -0.1) is 0 Å². The molecule has 1 saturated carbocycles. The van der Waals surface area contributed by atoms with Gasteiger partial charge in [-0.3, -0.25) is 14.4 Å². The van der Waals surface area contributed by atoms with E-state index < -0.39 is 0 Å². The van der Waals surface area contributed by atoms with E-state index in [4.69, 9.17) is 0 Å². The molecule has 0 aromatic heterocycles. The largest absolute Gasteiger partial charge is 0.300 e. The van der Waals surface area contributed by atoms with Crippen LogP contribution in [0.1, 0.15) is 124 Å². The third-order valence-corrected chi connectivity index (χ3v) is 7.99. The minimum atomic E-state index is -0.0642. The number of carbonyl (C=O) groups is 3. The van der Waals surface area contributed by atoms with Crippen molar-refractivity contribution in [2.45, 2.75) is 111 Å². The van der Waals surface area contributed by atoms with Crippen LogP contribution in [0.5, 0.6) is 0 Å². The van der Waals surface area contributed by atoms with Crippen LogP contribution < -0.4 is 0 Å². The van der Waals surface area contributed by atoms with Crippen molar-refractivity contribution in [2.24, 2.45) is 17.8 Å². The van der Waals surface area contributed by atoms with Crippen molar-refractivity contribution >= 4 is 17.3 Å². The molecule has 32 heavy (non-hydrogen) atoms. The highest BCUT2D eigenvalue weighted by atomic mass is 16.1. The van der Waals surface area contributed by atoms with E-state index in [1.807, 2.05) is 0 Å². The first-order valence-electron chi connectivity index (χ1n) is 13.0. The summed E-state index contributed by atoms with van der Waals surface area (Å²) in [5.74, 6) is 1.44. The molecule has 3 unspecified atom stereocenters. The van der Waals surface area contributed by atoms with Crippen LogP contribution in [0.2, 0.25) is 0 Å². The second kappa shape index (κ2) is 11.4. The van der Waals surface area contributed by atoms with Gasteiger partial charge in [0, 0.05) is 17.9 Å². The van der Waals surface area contributed by atoms with Crippen molar-refractivity contribution in [1.29, 1.82) is 0 Å². The van der Waals surface area contributed by atoms with Gasteiger partial charge in [-0.25, -0.2) is 0 Å². The Balaban J connectivity index is 1.85. The maximum absolute atomic E-state index is 13.3. The van der Waals surface area contributed by atoms with E-state index in [1.165, 1.54) is 50.2 Å². The summed E-state index contributed by atoms with van der Waals surface area (Å²) in [6.07, 6.45) is 11.7. The van der Waals surface area contributed by atoms with E-state index in [1.54, 1.807) is 0 Å². The number of fused-ring (bicyclic) bond motifs is 1. The Morgan fingerprint density at radius 2 is 1.78 bits per heavy atom. The summed E-state index contributed by atoms with van der Waals surface area (Å²) >= 11 is 0. The van der Waals surface area contributed by atoms with Crippen molar-refractivity contribution in [1.82, 2.24) is 0 Å². The molecule has 0 spiro atoms. The highest BCUT2D eigenvalue weighted by molar-refractivity contribution is 6.00. The lowest BCUT2D eigenvalue weighted by Crippen LogP contribution is -2.30. The summed E-state index contributed by atoms with van der Waals surface area (Å²) < 4.78 is 0. The summed E-state index contributed by atoms with van der Waals surface area (Å²) in [7, 11) is 0. The molecule has 3 atom stereocenters. The molecule has 0 radical (unpaired) electrons. The minimum absolute atomic E-state index is 0.0435. The molecular weight excluding hydrogens is 396 g/mol. The van der Waals surface area contributed by atoms with Gasteiger partial charge in [0.1, 0.15) is 11.6 Å². The standard InChI is InChI=1S/C29H42O3/c1-5-10-23(24(6-2)27(31)15-20(4)30)16-21-17-26-25(22-11-8-7-9-12-22)14-13-19(3)29(26)28(32)18-21/h13-14,21-24H,5-12,15-18H2,1-4H3. The fourth-order valence-corrected chi connectivity index (χ4v) is 6.56. The summed E-state index contributed by atoms with van der Waals surface area (Å²) in [4.78, 5) is 37.7. The van der Waals surface area contributed by atoms with Gasteiger partial charge in [-0.2, -0.15) is 0 Å². The van der Waals surface area contributed by atoms with Crippen molar-refractivity contribution < 1.29 is 14.4 Å². The summed E-state index contributed by atoms with van der Waals surface area (Å²) in [5, 5.41) is 0. The van der Waals surface area contributed by atoms with Gasteiger partial charge < -0.3 is 0 Å². The molecule has 1 aromatic rings. The van der Waals surface area contributed by atoms with E-state index >= 15 is 0 Å². The fourth-order valence-electron chi connectivity index (χ4n) is 6.56. The first kappa shape index (κ1) is 24.9. The smallest absolute Gasteiger partial charge is 0.163 e. The Hall–Kier alpha value is -1.77. The lowest BCUT2D eigenvalue weighted by molar-refractivity contribution is -0.129. The number of benzene rings is 1. The zero-order valence-corrected chi connectivity index (χ0v) is 20.7. The van der Waals surface area contributed by atoms with Crippen LogP contribution in [-0.2, 0) is 16.0 Å². The zero-order chi connectivity index (χ0) is 23.3. The van der Waals surface area contributed by atoms with Crippen molar-refractivity contribution in [2.75, 3.05) is 0 Å². The number of hydrogen-bond acceptors (Lipinski definition) is 3. The summed E-state index contributed by atoms with van der Waals surface area (Å²) in [6, 6.07) is 4.46. The number of aryl methyl sites for hydroxylation is 1. The molecule has 0 N–H and O–H groups in total. The topological polar surface area (TPSA) is 51.2 Å². The highest BCUT2D eigenvalue weighted by Crippen LogP contribution is 2.42. The van der Waals surface area contributed by atoms with E-state index in [2.05, 4.69) is 32.9 Å². The molecule has 0 aliphatic heterocycles. The fraction of sp³-hybridized carbons (Fsp3) is 0.690. The van der Waals surface area contributed by atoms with E-state index in [-0.39, 0.29) is 29.8 Å². The number of hydrogen-bond donors (Lipinski definition) is 0. The van der Waals surface area contributed by atoms with Crippen LogP contribution in [0.3, 0.4) is 0 Å². The molecule has 0 bridgehead atoms. The number of carbonyl (C=O) groups excluding carboxylic acids is 3. The Labute approximate surface area is 194 Å². The van der Waals surface area contributed by atoms with Gasteiger partial charge in [-0.05, 0) is 80.4 Å². The quantitative estimate of drug-likeness (QED) is 0.364. The molecule has 3 heteroatoms. The van der Waals surface area contributed by atoms with E-state index in [9.17, 15) is 14.4 Å². The Kier molecular flexibility index (Phi) is 8.85. The highest BCUT2D eigenvalue weighted by Gasteiger charge is 2.34. The third kappa shape index (κ3) is 5.77. The van der Waals surface area contributed by atoms with Crippen LogP contribution >= 0.6 is 0 Å². The number of ketones is 3. The lowest BCUT2D eigenvalue weighted by Gasteiger charge is -2.34. The van der Waals surface area contributed by atoms with Crippen molar-refractivity contribution in [3.05, 3.63) is 34.4 Å². The van der Waals surface area contributed by atoms with Crippen molar-refractivity contribution in [3.8, 4) is 0 Å². The molecular formula is C29H42O3. The summed E-state index contributed by atoms with van der Waals surface area (Å²) in [5.41, 5.74) is 4.86. The van der Waals surface area contributed by atoms with E-state index in [0.29, 0.717) is 24.0 Å². The second-order valence-electron chi connectivity index (χ2n) is 10.5. The van der Waals surface area contributed by atoms with Gasteiger partial charge in [-0.1, -0.05) is 58.1 Å². The molecule has 0 saturated heterocycles. The van der Waals surface area contributed by atoms with Crippen LogP contribution in [-0.4, -0.2) is 17.3 Å². The normalized spacial score (nSPS) is 21.1. The zero-order valence-electron chi connectivity index (χ0n) is 20.7. The maximum Gasteiger partial charge on any atom is 0.163 e. The van der Waals surface area contributed by atoms with Crippen LogP contribution in [0, 0.1) is 24.7 Å². The maximum atomic E-state index is 13.3. The molecule has 1 aromatic carbocycles. The van der Waals surface area contributed by atoms with Crippen LogP contribution in [0.4, 0.5) is 0 Å². The molecule has 2 aliphatic rings. The first-order chi connectivity index (χ1) is 15.3. The first-order valence-corrected chi connectivity index (χ1v) is 13.0. The predicted molar refractivity (Wildman–Crippen MR) is 130 cm³/mol. The Bertz CT molecular complexity index is 831. The van der Waals surface area contributed by atoms with Crippen LogP contribution in [0.25, 0.3) is 0 Å². The molecule has 0 heterocycles. The summed E-state index contributed by atoms with van der Waals surface area (Å²) in [6.45, 7) is 7.82. The molecule has 3 rings (SSSR count). The van der Waals surface area contributed by atoms with Crippen molar-refractivity contribution in [3.63, 3.8) is 0 Å². The van der Waals surface area contributed by atoms with Gasteiger partial charge in [0.25, 0.3) is 0 Å². The molecule has 3 nitrogen and oxygen atoms in total. The van der Waals surface area contributed by atoms with E-state index in [0.717, 1.165) is 43.2 Å². The minimum Gasteiger partial charge on any atom is -0.300 e. The predicted octanol–water partition coefficient (Wildman–Crippen LogP) is 7.17. The second-order valence-corrected chi connectivity index (χ2v) is 10.5. The van der Waals surface area contributed by atoms with Crippen LogP contribution in [0.15, 0.2) is 12.1 Å². The Morgan fingerprint density at radius 3 is 2.41 bits per heavy atom. The van der Waals surface area contributed by atoms with Gasteiger partial charge in [0.2, 0.25) is 0 Å². The number of Topliss-reactive ketones (excluding diaryl/α,β-unsaturated/α-hetero) is 3. The third-order valence-electron chi connectivity index (χ3n) is 7.99. The Morgan fingerprint density at radius 1 is 1.06 bits per heavy atom. The molecule has 1 fully saturated rings. The van der Waals surface area contributed by atoms with Gasteiger partial charge in [0.05, 0.1) is 6.42 Å². The SMILES string of the molecule is CCCC(CC1CC(=O)c2c(C)ccc(C3CCCCC3)c2C1)C(CC)C(=O)CC(C)=O. The van der Waals surface area contributed by atoms with Gasteiger partial charge in [0.15, 0.2) is 5.78 Å². The lowest BCUT2D eigenvalue weighted by atomic mass is 9.70. The van der Waals surface area contributed by atoms with Gasteiger partial charge >= 0.3 is 0 Å².